The predicted molar refractivity (Wildman–Crippen MR) is 90.1 cm³/mol. The van der Waals surface area contributed by atoms with E-state index in [9.17, 15) is 23.1 Å². The molecule has 0 atom stereocenters. The highest BCUT2D eigenvalue weighted by Crippen LogP contribution is 2.35. The molecule has 1 heterocycles. The Hall–Kier alpha value is -1.93. The van der Waals surface area contributed by atoms with Gasteiger partial charge in [-0.2, -0.15) is 0 Å². The first kappa shape index (κ1) is 18.4. The molecule has 1 aliphatic rings. The molecule has 0 saturated carbocycles. The van der Waals surface area contributed by atoms with Gasteiger partial charge in [-0.05, 0) is 52.0 Å². The lowest BCUT2D eigenvalue weighted by molar-refractivity contribution is -0.123. The summed E-state index contributed by atoms with van der Waals surface area (Å²) in [5.41, 5.74) is -1.48. The number of carbonyl (C=O) groups is 2. The summed E-state index contributed by atoms with van der Waals surface area (Å²) < 4.78 is 25.2. The average molecular weight is 354 g/mol. The van der Waals surface area contributed by atoms with E-state index in [0.717, 1.165) is 4.31 Å². The molecule has 1 aromatic carbocycles. The van der Waals surface area contributed by atoms with Crippen molar-refractivity contribution in [1.82, 2.24) is 5.32 Å². The van der Waals surface area contributed by atoms with Gasteiger partial charge < -0.3 is 10.4 Å². The molecule has 1 saturated heterocycles. The molecular formula is C16H22N2O5S. The maximum atomic E-state index is 12.3. The molecule has 8 heteroatoms. The third-order valence-electron chi connectivity index (χ3n) is 3.63. The summed E-state index contributed by atoms with van der Waals surface area (Å²) in [4.78, 5) is 24.3. The van der Waals surface area contributed by atoms with Gasteiger partial charge in [-0.1, -0.05) is 0 Å². The molecule has 0 unspecified atom stereocenters. The number of anilines is 1. The first-order chi connectivity index (χ1) is 10.8. The van der Waals surface area contributed by atoms with Crippen molar-refractivity contribution in [3.8, 4) is 0 Å². The fourth-order valence-corrected chi connectivity index (χ4v) is 4.52. The molecule has 1 aromatic rings. The Labute approximate surface area is 141 Å². The molecule has 132 valence electrons. The van der Waals surface area contributed by atoms with Crippen LogP contribution in [0.25, 0.3) is 0 Å². The van der Waals surface area contributed by atoms with E-state index < -0.39 is 26.9 Å². The number of hydrogen-bond donors (Lipinski definition) is 2. The Morgan fingerprint density at radius 2 is 1.83 bits per heavy atom. The molecule has 0 bridgehead atoms. The molecule has 24 heavy (non-hydrogen) atoms. The van der Waals surface area contributed by atoms with E-state index in [-0.39, 0.29) is 23.9 Å². The summed E-state index contributed by atoms with van der Waals surface area (Å²) in [5, 5.41) is 12.2. The SMILES string of the molecule is CC(C)(O)CNC(=O)c1ccc(N2C(=O)C(C)(C)CS2(=O)=O)cc1. The molecule has 1 aliphatic heterocycles. The van der Waals surface area contributed by atoms with Crippen LogP contribution >= 0.6 is 0 Å². The topological polar surface area (TPSA) is 104 Å². The molecule has 2 N–H and O–H groups in total. The molecule has 0 spiro atoms. The zero-order valence-electron chi connectivity index (χ0n) is 14.2. The second-order valence-corrected chi connectivity index (χ2v) is 9.07. The Morgan fingerprint density at radius 1 is 1.29 bits per heavy atom. The highest BCUT2D eigenvalue weighted by atomic mass is 32.2. The van der Waals surface area contributed by atoms with Crippen LogP contribution in [-0.2, 0) is 14.8 Å². The van der Waals surface area contributed by atoms with E-state index in [1.807, 2.05) is 0 Å². The quantitative estimate of drug-likeness (QED) is 0.836. The number of aliphatic hydroxyl groups is 1. The zero-order chi connectivity index (χ0) is 18.3. The molecule has 0 aliphatic carbocycles. The lowest BCUT2D eigenvalue weighted by Gasteiger charge is -2.19. The maximum Gasteiger partial charge on any atom is 0.251 e. The highest BCUT2D eigenvalue weighted by Gasteiger charge is 2.49. The second kappa shape index (κ2) is 5.86. The first-order valence-electron chi connectivity index (χ1n) is 7.52. The van der Waals surface area contributed by atoms with Crippen LogP contribution in [0.3, 0.4) is 0 Å². The van der Waals surface area contributed by atoms with Crippen molar-refractivity contribution in [2.45, 2.75) is 33.3 Å². The molecule has 0 aromatic heterocycles. The van der Waals surface area contributed by atoms with Crippen molar-refractivity contribution in [2.75, 3.05) is 16.6 Å². The van der Waals surface area contributed by atoms with Crippen LogP contribution < -0.4 is 9.62 Å². The summed E-state index contributed by atoms with van der Waals surface area (Å²) >= 11 is 0. The fraction of sp³-hybridized carbons (Fsp3) is 0.500. The number of rotatable bonds is 4. The Kier molecular flexibility index (Phi) is 4.49. The standard InChI is InChI=1S/C16H22N2O5S/c1-15(2)10-24(22,23)18(14(15)20)12-7-5-11(6-8-12)13(19)17-9-16(3,4)21/h5-8,21H,9-10H2,1-4H3,(H,17,19). The Balaban J connectivity index is 2.21. The van der Waals surface area contributed by atoms with Gasteiger partial charge in [0.2, 0.25) is 15.9 Å². The summed E-state index contributed by atoms with van der Waals surface area (Å²) in [6.07, 6.45) is 0. The number of hydrogen-bond acceptors (Lipinski definition) is 5. The van der Waals surface area contributed by atoms with Gasteiger partial charge in [0.05, 0.1) is 22.5 Å². The van der Waals surface area contributed by atoms with Crippen LogP contribution in [0, 0.1) is 5.41 Å². The number of sulfonamides is 1. The summed E-state index contributed by atoms with van der Waals surface area (Å²) in [6, 6.07) is 5.75. The van der Waals surface area contributed by atoms with Crippen LogP contribution in [-0.4, -0.2) is 43.2 Å². The second-order valence-electron chi connectivity index (χ2n) is 7.25. The van der Waals surface area contributed by atoms with Crippen molar-refractivity contribution in [1.29, 1.82) is 0 Å². The minimum Gasteiger partial charge on any atom is -0.389 e. The number of nitrogens with zero attached hydrogens (tertiary/aromatic N) is 1. The summed E-state index contributed by atoms with van der Waals surface area (Å²) in [6.45, 7) is 6.40. The first-order valence-corrected chi connectivity index (χ1v) is 9.12. The summed E-state index contributed by atoms with van der Waals surface area (Å²) in [5.74, 6) is -1.12. The number of nitrogens with one attached hydrogen (secondary N) is 1. The van der Waals surface area contributed by atoms with E-state index in [2.05, 4.69) is 5.32 Å². The van der Waals surface area contributed by atoms with E-state index >= 15 is 0 Å². The van der Waals surface area contributed by atoms with E-state index in [0.29, 0.717) is 5.56 Å². The third-order valence-corrected chi connectivity index (χ3v) is 5.65. The van der Waals surface area contributed by atoms with Gasteiger partial charge in [-0.25, -0.2) is 12.7 Å². The molecule has 2 amide bonds. The fourth-order valence-electron chi connectivity index (χ4n) is 2.41. The van der Waals surface area contributed by atoms with Gasteiger partial charge >= 0.3 is 0 Å². The number of benzene rings is 1. The Bertz CT molecular complexity index is 761. The average Bonchev–Trinajstić information content (AvgIpc) is 2.59. The highest BCUT2D eigenvalue weighted by molar-refractivity contribution is 7.94. The third kappa shape index (κ3) is 3.76. The maximum absolute atomic E-state index is 12.3. The normalized spacial score (nSPS) is 19.4. The van der Waals surface area contributed by atoms with Gasteiger partial charge in [0.1, 0.15) is 0 Å². The Morgan fingerprint density at radius 3 is 2.25 bits per heavy atom. The molecule has 0 radical (unpaired) electrons. The predicted octanol–water partition coefficient (Wildman–Crippen LogP) is 0.890. The van der Waals surface area contributed by atoms with Gasteiger partial charge in [0, 0.05) is 12.1 Å². The van der Waals surface area contributed by atoms with Crippen LogP contribution in [0.15, 0.2) is 24.3 Å². The largest absolute Gasteiger partial charge is 0.389 e. The van der Waals surface area contributed by atoms with Gasteiger partial charge in [0.15, 0.2) is 0 Å². The van der Waals surface area contributed by atoms with Crippen LogP contribution in [0.5, 0.6) is 0 Å². The van der Waals surface area contributed by atoms with Crippen molar-refractivity contribution >= 4 is 27.5 Å². The monoisotopic (exact) mass is 354 g/mol. The molecule has 1 fully saturated rings. The molecular weight excluding hydrogens is 332 g/mol. The molecule has 2 rings (SSSR count). The van der Waals surface area contributed by atoms with Crippen molar-refractivity contribution < 1.29 is 23.1 Å². The van der Waals surface area contributed by atoms with Gasteiger partial charge in [0.25, 0.3) is 5.91 Å². The van der Waals surface area contributed by atoms with E-state index in [1.165, 1.54) is 24.3 Å². The molecule has 7 nitrogen and oxygen atoms in total. The van der Waals surface area contributed by atoms with Crippen molar-refractivity contribution in [3.63, 3.8) is 0 Å². The van der Waals surface area contributed by atoms with Gasteiger partial charge in [-0.3, -0.25) is 9.59 Å². The number of amides is 2. The number of carbonyl (C=O) groups excluding carboxylic acids is 2. The van der Waals surface area contributed by atoms with Crippen molar-refractivity contribution in [3.05, 3.63) is 29.8 Å². The minimum atomic E-state index is -3.71. The van der Waals surface area contributed by atoms with Crippen LogP contribution in [0.1, 0.15) is 38.1 Å². The zero-order valence-corrected chi connectivity index (χ0v) is 15.0. The van der Waals surface area contributed by atoms with Gasteiger partial charge in [-0.15, -0.1) is 0 Å². The van der Waals surface area contributed by atoms with E-state index in [4.69, 9.17) is 0 Å². The summed E-state index contributed by atoms with van der Waals surface area (Å²) in [7, 11) is -3.71. The lowest BCUT2D eigenvalue weighted by atomic mass is 9.95. The lowest BCUT2D eigenvalue weighted by Crippen LogP contribution is -2.38. The van der Waals surface area contributed by atoms with Crippen LogP contribution in [0.4, 0.5) is 5.69 Å². The smallest absolute Gasteiger partial charge is 0.251 e. The minimum absolute atomic E-state index is 0.0841. The van der Waals surface area contributed by atoms with E-state index in [1.54, 1.807) is 27.7 Å². The van der Waals surface area contributed by atoms with Crippen LogP contribution in [0.2, 0.25) is 0 Å². The van der Waals surface area contributed by atoms with Crippen molar-refractivity contribution in [2.24, 2.45) is 5.41 Å².